The molecule has 0 spiro atoms. The van der Waals surface area contributed by atoms with Crippen molar-refractivity contribution in [3.05, 3.63) is 22.8 Å². The van der Waals surface area contributed by atoms with E-state index in [1.807, 2.05) is 33.8 Å². The molecular weight excluding hydrogens is 456 g/mol. The lowest BCUT2D eigenvalue weighted by Crippen LogP contribution is -2.60. The fraction of sp³-hybridized carbons (Fsp3) is 0.769. The highest BCUT2D eigenvalue weighted by molar-refractivity contribution is 5.57. The summed E-state index contributed by atoms with van der Waals surface area (Å²) in [4.78, 5) is 0. The van der Waals surface area contributed by atoms with Gasteiger partial charge in [-0.15, -0.1) is 0 Å². The minimum Gasteiger partial charge on any atom is -0.504 e. The average Bonchev–Trinajstić information content (AvgIpc) is 2.95. The Morgan fingerprint density at radius 2 is 1.77 bits per heavy atom. The van der Waals surface area contributed by atoms with E-state index in [9.17, 15) is 35.7 Å². The van der Waals surface area contributed by atoms with Gasteiger partial charge in [-0.3, -0.25) is 0 Å². The summed E-state index contributed by atoms with van der Waals surface area (Å²) in [6, 6.07) is 1.95. The molecule has 1 aromatic rings. The van der Waals surface area contributed by atoms with E-state index in [0.29, 0.717) is 36.8 Å². The van der Waals surface area contributed by atoms with Crippen LogP contribution >= 0.6 is 0 Å². The molecule has 0 radical (unpaired) electrons. The van der Waals surface area contributed by atoms with Gasteiger partial charge in [0, 0.05) is 17.5 Å². The van der Waals surface area contributed by atoms with E-state index in [1.165, 1.54) is 0 Å². The minimum atomic E-state index is -1.61. The van der Waals surface area contributed by atoms with Crippen molar-refractivity contribution in [3.63, 3.8) is 0 Å². The van der Waals surface area contributed by atoms with E-state index in [4.69, 9.17) is 9.47 Å². The second-order valence-electron chi connectivity index (χ2n) is 11.5. The molecule has 9 heteroatoms. The number of phenolic OH excluding ortho intramolecular Hbond substituents is 1. The molecule has 1 aromatic carbocycles. The number of ether oxygens (including phenoxy) is 2. The first-order valence-corrected chi connectivity index (χ1v) is 12.6. The van der Waals surface area contributed by atoms with E-state index >= 15 is 0 Å². The van der Waals surface area contributed by atoms with Gasteiger partial charge in [-0.05, 0) is 48.5 Å². The molecule has 3 aliphatic rings. The smallest absolute Gasteiger partial charge is 0.229 e. The fourth-order valence-corrected chi connectivity index (χ4v) is 6.34. The lowest BCUT2D eigenvalue weighted by Gasteiger charge is -2.51. The zero-order valence-electron chi connectivity index (χ0n) is 20.9. The van der Waals surface area contributed by atoms with Crippen molar-refractivity contribution in [2.24, 2.45) is 11.3 Å². The Bertz CT molecular complexity index is 930. The van der Waals surface area contributed by atoms with Crippen molar-refractivity contribution < 1.29 is 45.2 Å². The highest BCUT2D eigenvalue weighted by Crippen LogP contribution is 2.54. The summed E-state index contributed by atoms with van der Waals surface area (Å²) in [6.45, 7) is 7.24. The van der Waals surface area contributed by atoms with Gasteiger partial charge in [-0.25, -0.2) is 0 Å². The quantitative estimate of drug-likeness (QED) is 0.318. The number of aryl methyl sites for hydroxylation is 1. The SMILES string of the molecule is CC(C)c1cc2c(c(O)c1O[C@@H]1O[C@H](CO)[C@@H](O)[C@H](O)[C@H]1O)CC1(O)CCC(O)C(C)(C)C1CC2. The molecule has 8 atom stereocenters. The van der Waals surface area contributed by atoms with Crippen LogP contribution in [0.2, 0.25) is 0 Å². The largest absolute Gasteiger partial charge is 0.504 e. The molecule has 1 aliphatic heterocycles. The van der Waals surface area contributed by atoms with Crippen LogP contribution in [0.1, 0.15) is 69.6 Å². The van der Waals surface area contributed by atoms with Gasteiger partial charge in [0.05, 0.1) is 18.3 Å². The average molecular weight is 497 g/mol. The number of rotatable bonds is 4. The standard InChI is InChI=1S/C26H40O9/c1-12(2)14-9-13-5-6-17-25(3,4)18(28)7-8-26(17,33)10-15(13)19(29)23(14)35-24-22(32)21(31)20(30)16(11-27)34-24/h9,12,16-18,20-22,24,27-33H,5-8,10-11H2,1-4H3/t16-,17?,18?,20-,21+,22-,24+,26?/m1/s1. The van der Waals surface area contributed by atoms with E-state index < -0.39 is 54.4 Å². The van der Waals surface area contributed by atoms with Crippen molar-refractivity contribution in [1.82, 2.24) is 0 Å². The van der Waals surface area contributed by atoms with Crippen LogP contribution in [0, 0.1) is 11.3 Å². The van der Waals surface area contributed by atoms with Crippen molar-refractivity contribution >= 4 is 0 Å². The molecule has 1 saturated heterocycles. The van der Waals surface area contributed by atoms with Crippen molar-refractivity contribution in [3.8, 4) is 11.5 Å². The number of benzene rings is 1. The molecule has 4 rings (SSSR count). The zero-order valence-corrected chi connectivity index (χ0v) is 20.9. The summed E-state index contributed by atoms with van der Waals surface area (Å²) in [5.41, 5.74) is 0.549. The van der Waals surface area contributed by atoms with E-state index in [-0.39, 0.29) is 29.8 Å². The number of hydrogen-bond donors (Lipinski definition) is 7. The van der Waals surface area contributed by atoms with E-state index in [0.717, 1.165) is 5.56 Å². The molecule has 7 N–H and O–H groups in total. The predicted octanol–water partition coefficient (Wildman–Crippen LogP) is 0.711. The number of phenols is 1. The first-order valence-electron chi connectivity index (χ1n) is 12.6. The molecule has 9 nitrogen and oxygen atoms in total. The molecule has 2 fully saturated rings. The molecule has 1 saturated carbocycles. The van der Waals surface area contributed by atoms with Crippen LogP contribution in [0.3, 0.4) is 0 Å². The minimum absolute atomic E-state index is 0.0713. The second-order valence-corrected chi connectivity index (χ2v) is 11.5. The maximum atomic E-state index is 11.7. The molecule has 0 amide bonds. The molecule has 2 aliphatic carbocycles. The van der Waals surface area contributed by atoms with Crippen LogP contribution < -0.4 is 4.74 Å². The Labute approximate surface area is 205 Å². The zero-order chi connectivity index (χ0) is 25.9. The normalized spacial score (nSPS) is 39.0. The Hall–Kier alpha value is -1.46. The van der Waals surface area contributed by atoms with E-state index in [1.54, 1.807) is 0 Å². The van der Waals surface area contributed by atoms with Crippen LogP contribution in [-0.2, 0) is 17.6 Å². The summed E-state index contributed by atoms with van der Waals surface area (Å²) in [5, 5.41) is 74.1. The van der Waals surface area contributed by atoms with E-state index in [2.05, 4.69) is 0 Å². The Morgan fingerprint density at radius 1 is 1.09 bits per heavy atom. The van der Waals surface area contributed by atoms with Crippen LogP contribution in [0.5, 0.6) is 11.5 Å². The predicted molar refractivity (Wildman–Crippen MR) is 126 cm³/mol. The third kappa shape index (κ3) is 4.45. The van der Waals surface area contributed by atoms with Crippen molar-refractivity contribution in [2.75, 3.05) is 6.61 Å². The van der Waals surface area contributed by atoms with Gasteiger partial charge in [0.25, 0.3) is 0 Å². The molecule has 198 valence electrons. The van der Waals surface area contributed by atoms with Crippen LogP contribution in [0.4, 0.5) is 0 Å². The van der Waals surface area contributed by atoms with Crippen molar-refractivity contribution in [1.29, 1.82) is 0 Å². The Balaban J connectivity index is 1.74. The maximum absolute atomic E-state index is 11.7. The molecular formula is C26H40O9. The van der Waals surface area contributed by atoms with Crippen LogP contribution in [0.25, 0.3) is 0 Å². The third-order valence-electron chi connectivity index (χ3n) is 8.63. The monoisotopic (exact) mass is 496 g/mol. The summed E-state index contributed by atoms with van der Waals surface area (Å²) in [6.07, 6.45) is -5.46. The summed E-state index contributed by atoms with van der Waals surface area (Å²) < 4.78 is 11.5. The lowest BCUT2D eigenvalue weighted by molar-refractivity contribution is -0.277. The van der Waals surface area contributed by atoms with Crippen molar-refractivity contribution in [2.45, 2.75) is 108 Å². The third-order valence-corrected chi connectivity index (χ3v) is 8.63. The number of aliphatic hydroxyl groups is 6. The molecule has 1 heterocycles. The lowest BCUT2D eigenvalue weighted by atomic mass is 9.58. The maximum Gasteiger partial charge on any atom is 0.229 e. The topological polar surface area (TPSA) is 160 Å². The van der Waals surface area contributed by atoms with Gasteiger partial charge in [0.1, 0.15) is 24.4 Å². The van der Waals surface area contributed by atoms with Crippen LogP contribution in [0.15, 0.2) is 6.07 Å². The summed E-state index contributed by atoms with van der Waals surface area (Å²) >= 11 is 0. The van der Waals surface area contributed by atoms with Gasteiger partial charge < -0.3 is 45.2 Å². The highest BCUT2D eigenvalue weighted by atomic mass is 16.7. The number of fused-ring (bicyclic) bond motifs is 2. The second kappa shape index (κ2) is 9.45. The van der Waals surface area contributed by atoms with Crippen LogP contribution in [-0.4, -0.2) is 84.8 Å². The summed E-state index contributed by atoms with van der Waals surface area (Å²) in [7, 11) is 0. The van der Waals surface area contributed by atoms with Gasteiger partial charge in [-0.2, -0.15) is 0 Å². The molecule has 35 heavy (non-hydrogen) atoms. The first kappa shape index (κ1) is 26.6. The molecule has 0 bridgehead atoms. The summed E-state index contributed by atoms with van der Waals surface area (Å²) in [5.74, 6) is -0.303. The Kier molecular flexibility index (Phi) is 7.18. The van der Waals surface area contributed by atoms with Gasteiger partial charge in [0.2, 0.25) is 6.29 Å². The first-order chi connectivity index (χ1) is 16.3. The Morgan fingerprint density at radius 3 is 2.40 bits per heavy atom. The number of aliphatic hydroxyl groups excluding tert-OH is 5. The fourth-order valence-electron chi connectivity index (χ4n) is 6.34. The molecule has 0 aromatic heterocycles. The van der Waals surface area contributed by atoms with Gasteiger partial charge >= 0.3 is 0 Å². The number of aromatic hydroxyl groups is 1. The highest BCUT2D eigenvalue weighted by Gasteiger charge is 2.53. The van der Waals surface area contributed by atoms with Gasteiger partial charge in [0.15, 0.2) is 11.5 Å². The molecule has 3 unspecified atom stereocenters. The number of hydrogen-bond acceptors (Lipinski definition) is 9. The van der Waals surface area contributed by atoms with Gasteiger partial charge in [-0.1, -0.05) is 33.8 Å².